The van der Waals surface area contributed by atoms with Crippen LogP contribution >= 0.6 is 0 Å². The van der Waals surface area contributed by atoms with Crippen LogP contribution in [-0.2, 0) is 14.9 Å². The molecule has 8 heteroatoms. The molecule has 0 aromatic heterocycles. The fourth-order valence-corrected chi connectivity index (χ4v) is 2.75. The maximum Gasteiger partial charge on any atom is 0.339 e. The van der Waals surface area contributed by atoms with Crippen LogP contribution in [0.2, 0.25) is 0 Å². The van der Waals surface area contributed by atoms with E-state index in [9.17, 15) is 18.0 Å². The summed E-state index contributed by atoms with van der Waals surface area (Å²) in [7, 11) is -4.16. The molecular weight excluding hydrogens is 336 g/mol. The lowest BCUT2D eigenvalue weighted by Crippen LogP contribution is -2.11. The van der Waals surface area contributed by atoms with E-state index in [1.54, 1.807) is 6.92 Å². The van der Waals surface area contributed by atoms with Crippen molar-refractivity contribution in [3.05, 3.63) is 59.7 Å². The summed E-state index contributed by atoms with van der Waals surface area (Å²) >= 11 is 0. The van der Waals surface area contributed by atoms with Crippen molar-refractivity contribution in [3.63, 3.8) is 0 Å². The second kappa shape index (κ2) is 7.14. The molecule has 2 aromatic carbocycles. The summed E-state index contributed by atoms with van der Waals surface area (Å²) in [4.78, 5) is 22.3. The van der Waals surface area contributed by atoms with Gasteiger partial charge < -0.3 is 14.0 Å². The van der Waals surface area contributed by atoms with Crippen molar-refractivity contribution in [2.75, 3.05) is 6.61 Å². The zero-order valence-corrected chi connectivity index (χ0v) is 13.4. The second-order valence-electron chi connectivity index (χ2n) is 4.62. The van der Waals surface area contributed by atoms with Crippen LogP contribution in [-0.4, -0.2) is 32.1 Å². The molecule has 0 saturated carbocycles. The number of benzene rings is 2. The summed E-state index contributed by atoms with van der Waals surface area (Å²) in [5.41, 5.74) is 0.115. The maximum atomic E-state index is 12.2. The minimum atomic E-state index is -4.16. The highest BCUT2D eigenvalue weighted by Gasteiger charge is 2.18. The number of esters is 1. The van der Waals surface area contributed by atoms with Crippen LogP contribution < -0.4 is 4.18 Å². The first-order valence-electron chi connectivity index (χ1n) is 6.88. The highest BCUT2D eigenvalue weighted by Crippen LogP contribution is 2.20. The normalized spacial score (nSPS) is 10.9. The SMILES string of the molecule is CCOC(=O)c1ccc(S(=O)(=O)Oc2cccc(C(=O)O)c2)cc1. The molecule has 0 unspecified atom stereocenters. The van der Waals surface area contributed by atoms with Crippen LogP contribution in [0.25, 0.3) is 0 Å². The molecule has 126 valence electrons. The Morgan fingerprint density at radius 2 is 1.71 bits per heavy atom. The quantitative estimate of drug-likeness (QED) is 0.629. The van der Waals surface area contributed by atoms with E-state index in [2.05, 4.69) is 0 Å². The van der Waals surface area contributed by atoms with Crippen molar-refractivity contribution in [2.45, 2.75) is 11.8 Å². The lowest BCUT2D eigenvalue weighted by Gasteiger charge is -2.08. The summed E-state index contributed by atoms with van der Waals surface area (Å²) in [6.45, 7) is 1.87. The average molecular weight is 350 g/mol. The predicted octanol–water partition coefficient (Wildman–Crippen LogP) is 2.33. The third-order valence-corrected chi connectivity index (χ3v) is 4.20. The van der Waals surface area contributed by atoms with Crippen molar-refractivity contribution in [1.82, 2.24) is 0 Å². The van der Waals surface area contributed by atoms with Gasteiger partial charge >= 0.3 is 22.1 Å². The number of hydrogen-bond acceptors (Lipinski definition) is 6. The fraction of sp³-hybridized carbons (Fsp3) is 0.125. The van der Waals surface area contributed by atoms with Crippen molar-refractivity contribution >= 4 is 22.1 Å². The van der Waals surface area contributed by atoms with Gasteiger partial charge in [-0.1, -0.05) is 6.07 Å². The van der Waals surface area contributed by atoms with Crippen LogP contribution in [0.4, 0.5) is 0 Å². The molecule has 1 N–H and O–H groups in total. The number of ether oxygens (including phenoxy) is 1. The van der Waals surface area contributed by atoms with E-state index in [0.29, 0.717) is 0 Å². The van der Waals surface area contributed by atoms with Crippen molar-refractivity contribution in [2.24, 2.45) is 0 Å². The predicted molar refractivity (Wildman–Crippen MR) is 83.6 cm³/mol. The standard InChI is InChI=1S/C16H14O7S/c1-2-22-16(19)11-6-8-14(9-7-11)24(20,21)23-13-5-3-4-12(10-13)15(17)18/h3-10H,2H2,1H3,(H,17,18). The molecule has 0 radical (unpaired) electrons. The lowest BCUT2D eigenvalue weighted by atomic mass is 10.2. The Balaban J connectivity index is 2.23. The molecule has 0 bridgehead atoms. The van der Waals surface area contributed by atoms with Gasteiger partial charge in [-0.3, -0.25) is 0 Å². The first-order chi connectivity index (χ1) is 11.3. The fourth-order valence-electron chi connectivity index (χ4n) is 1.83. The number of carboxylic acid groups (broad SMARTS) is 1. The summed E-state index contributed by atoms with van der Waals surface area (Å²) in [6, 6.07) is 10.2. The van der Waals surface area contributed by atoms with E-state index in [-0.39, 0.29) is 28.4 Å². The van der Waals surface area contributed by atoms with Gasteiger partial charge in [-0.15, -0.1) is 0 Å². The molecular formula is C16H14O7S. The first-order valence-corrected chi connectivity index (χ1v) is 8.29. The maximum absolute atomic E-state index is 12.2. The van der Waals surface area contributed by atoms with E-state index in [1.165, 1.54) is 42.5 Å². The van der Waals surface area contributed by atoms with Gasteiger partial charge in [0.2, 0.25) is 0 Å². The third kappa shape index (κ3) is 4.11. The Labute approximate surface area is 138 Å². The largest absolute Gasteiger partial charge is 0.478 e. The highest BCUT2D eigenvalue weighted by atomic mass is 32.2. The molecule has 0 heterocycles. The number of hydrogen-bond donors (Lipinski definition) is 1. The van der Waals surface area contributed by atoms with Gasteiger partial charge in [0.25, 0.3) is 0 Å². The Morgan fingerprint density at radius 3 is 2.29 bits per heavy atom. The topological polar surface area (TPSA) is 107 Å². The van der Waals surface area contributed by atoms with Crippen LogP contribution in [0.5, 0.6) is 5.75 Å². The Hall–Kier alpha value is -2.87. The highest BCUT2D eigenvalue weighted by molar-refractivity contribution is 7.87. The zero-order chi connectivity index (χ0) is 17.7. The van der Waals surface area contributed by atoms with E-state index < -0.39 is 22.1 Å². The molecule has 0 saturated heterocycles. The zero-order valence-electron chi connectivity index (χ0n) is 12.6. The second-order valence-corrected chi connectivity index (χ2v) is 6.16. The van der Waals surface area contributed by atoms with E-state index in [1.807, 2.05) is 0 Å². The van der Waals surface area contributed by atoms with Crippen molar-refractivity contribution in [3.8, 4) is 5.75 Å². The van der Waals surface area contributed by atoms with Crippen LogP contribution in [0.1, 0.15) is 27.6 Å². The van der Waals surface area contributed by atoms with Gasteiger partial charge in [0, 0.05) is 0 Å². The summed E-state index contributed by atoms with van der Waals surface area (Å²) in [6.07, 6.45) is 0. The van der Waals surface area contributed by atoms with Crippen LogP contribution in [0, 0.1) is 0 Å². The molecule has 0 amide bonds. The number of carbonyl (C=O) groups excluding carboxylic acids is 1. The molecule has 2 rings (SSSR count). The molecule has 0 aliphatic carbocycles. The molecule has 0 aliphatic rings. The van der Waals surface area contributed by atoms with E-state index in [4.69, 9.17) is 14.0 Å². The minimum absolute atomic E-state index is 0.0969. The Bertz CT molecular complexity index is 854. The van der Waals surface area contributed by atoms with E-state index >= 15 is 0 Å². The van der Waals surface area contributed by atoms with Crippen molar-refractivity contribution in [1.29, 1.82) is 0 Å². The molecule has 0 spiro atoms. The van der Waals surface area contributed by atoms with Gasteiger partial charge in [0.15, 0.2) is 0 Å². The number of rotatable bonds is 6. The molecule has 7 nitrogen and oxygen atoms in total. The number of carbonyl (C=O) groups is 2. The van der Waals surface area contributed by atoms with E-state index in [0.717, 1.165) is 6.07 Å². The Kier molecular flexibility index (Phi) is 5.20. The number of carboxylic acids is 1. The molecule has 0 aliphatic heterocycles. The summed E-state index contributed by atoms with van der Waals surface area (Å²) < 4.78 is 34.1. The lowest BCUT2D eigenvalue weighted by molar-refractivity contribution is 0.0525. The van der Waals surface area contributed by atoms with Crippen molar-refractivity contribution < 1.29 is 32.0 Å². The van der Waals surface area contributed by atoms with Gasteiger partial charge in [-0.2, -0.15) is 8.42 Å². The molecule has 0 atom stereocenters. The van der Waals surface area contributed by atoms with Gasteiger partial charge in [-0.05, 0) is 49.4 Å². The molecule has 2 aromatic rings. The summed E-state index contributed by atoms with van der Waals surface area (Å²) in [5.74, 6) is -1.88. The monoisotopic (exact) mass is 350 g/mol. The number of aromatic carboxylic acids is 1. The summed E-state index contributed by atoms with van der Waals surface area (Å²) in [5, 5.41) is 8.90. The van der Waals surface area contributed by atoms with Crippen LogP contribution in [0.15, 0.2) is 53.4 Å². The molecule has 24 heavy (non-hydrogen) atoms. The third-order valence-electron chi connectivity index (χ3n) is 2.94. The average Bonchev–Trinajstić information content (AvgIpc) is 2.55. The minimum Gasteiger partial charge on any atom is -0.478 e. The van der Waals surface area contributed by atoms with Crippen LogP contribution in [0.3, 0.4) is 0 Å². The van der Waals surface area contributed by atoms with Gasteiger partial charge in [0.1, 0.15) is 10.6 Å². The van der Waals surface area contributed by atoms with Gasteiger partial charge in [0.05, 0.1) is 17.7 Å². The first kappa shape index (κ1) is 17.5. The molecule has 0 fully saturated rings. The smallest absolute Gasteiger partial charge is 0.339 e. The van der Waals surface area contributed by atoms with Gasteiger partial charge in [-0.25, -0.2) is 9.59 Å². The Morgan fingerprint density at radius 1 is 1.04 bits per heavy atom.